The Morgan fingerprint density at radius 2 is 2.00 bits per heavy atom. The third-order valence-corrected chi connectivity index (χ3v) is 4.67. The maximum Gasteiger partial charge on any atom is 0.223 e. The summed E-state index contributed by atoms with van der Waals surface area (Å²) in [7, 11) is 0. The van der Waals surface area contributed by atoms with Gasteiger partial charge in [0.2, 0.25) is 5.91 Å². The summed E-state index contributed by atoms with van der Waals surface area (Å²) < 4.78 is 0. The van der Waals surface area contributed by atoms with Crippen LogP contribution in [0.25, 0.3) is 0 Å². The van der Waals surface area contributed by atoms with E-state index in [1.165, 1.54) is 0 Å². The van der Waals surface area contributed by atoms with Crippen LogP contribution in [0.2, 0.25) is 0 Å². The molecule has 3 nitrogen and oxygen atoms in total. The van der Waals surface area contributed by atoms with Gasteiger partial charge in [0.25, 0.3) is 0 Å². The Morgan fingerprint density at radius 3 is 2.50 bits per heavy atom. The third-order valence-electron chi connectivity index (χ3n) is 4.67. The topological polar surface area (TPSA) is 55.1 Å². The molecule has 0 aromatic rings. The van der Waals surface area contributed by atoms with Crippen molar-refractivity contribution >= 4 is 5.91 Å². The number of rotatable bonds is 3. The molecule has 3 N–H and O–H groups in total. The van der Waals surface area contributed by atoms with Crippen molar-refractivity contribution in [2.45, 2.75) is 59.9 Å². The quantitative estimate of drug-likeness (QED) is 0.813. The number of carbonyl (C=O) groups excluding carboxylic acids is 1. The fourth-order valence-corrected chi connectivity index (χ4v) is 2.36. The van der Waals surface area contributed by atoms with E-state index in [0.29, 0.717) is 11.8 Å². The van der Waals surface area contributed by atoms with Crippen LogP contribution in [0.1, 0.15) is 53.9 Å². The average molecular weight is 254 g/mol. The number of hydrogen-bond acceptors (Lipinski definition) is 2. The molecule has 0 saturated heterocycles. The fraction of sp³-hybridized carbons (Fsp3) is 0.933. The van der Waals surface area contributed by atoms with E-state index in [4.69, 9.17) is 5.73 Å². The van der Waals surface area contributed by atoms with Gasteiger partial charge < -0.3 is 11.1 Å². The molecule has 0 spiro atoms. The second kappa shape index (κ2) is 6.05. The molecule has 3 heteroatoms. The first-order valence-corrected chi connectivity index (χ1v) is 7.25. The van der Waals surface area contributed by atoms with E-state index in [9.17, 15) is 4.79 Å². The molecule has 0 heterocycles. The minimum atomic E-state index is 0.173. The van der Waals surface area contributed by atoms with Crippen LogP contribution in [-0.2, 0) is 4.79 Å². The first-order valence-electron chi connectivity index (χ1n) is 7.25. The summed E-state index contributed by atoms with van der Waals surface area (Å²) in [6.07, 6.45) is 2.87. The van der Waals surface area contributed by atoms with Gasteiger partial charge in [-0.1, -0.05) is 34.6 Å². The highest BCUT2D eigenvalue weighted by Gasteiger charge is 2.30. The van der Waals surface area contributed by atoms with Crippen LogP contribution < -0.4 is 11.1 Å². The van der Waals surface area contributed by atoms with E-state index in [-0.39, 0.29) is 23.3 Å². The van der Waals surface area contributed by atoms with Gasteiger partial charge in [-0.25, -0.2) is 0 Å². The van der Waals surface area contributed by atoms with E-state index < -0.39 is 0 Å². The van der Waals surface area contributed by atoms with E-state index in [2.05, 4.69) is 39.9 Å². The summed E-state index contributed by atoms with van der Waals surface area (Å²) in [5.74, 6) is 1.36. The lowest BCUT2D eigenvalue weighted by atomic mass is 9.78. The number of nitrogens with one attached hydrogen (secondary N) is 1. The first-order chi connectivity index (χ1) is 8.21. The van der Waals surface area contributed by atoms with Gasteiger partial charge in [0.1, 0.15) is 0 Å². The smallest absolute Gasteiger partial charge is 0.223 e. The van der Waals surface area contributed by atoms with E-state index >= 15 is 0 Å². The molecule has 1 fully saturated rings. The molecule has 1 saturated carbocycles. The lowest BCUT2D eigenvalue weighted by Crippen LogP contribution is -2.42. The molecule has 0 bridgehead atoms. The molecule has 18 heavy (non-hydrogen) atoms. The second-order valence-electron chi connectivity index (χ2n) is 7.16. The summed E-state index contributed by atoms with van der Waals surface area (Å²) in [5.41, 5.74) is 6.23. The molecule has 4 unspecified atom stereocenters. The van der Waals surface area contributed by atoms with Crippen molar-refractivity contribution in [2.75, 3.05) is 6.54 Å². The van der Waals surface area contributed by atoms with Crippen LogP contribution in [0, 0.1) is 23.2 Å². The summed E-state index contributed by atoms with van der Waals surface area (Å²) in [6.45, 7) is 11.8. The average Bonchev–Trinajstić information content (AvgIpc) is 2.27. The molecule has 1 aliphatic rings. The minimum absolute atomic E-state index is 0.173. The van der Waals surface area contributed by atoms with Gasteiger partial charge in [0.05, 0.1) is 0 Å². The summed E-state index contributed by atoms with van der Waals surface area (Å²) in [6, 6.07) is 0.280. The molecule has 0 aromatic heterocycles. The van der Waals surface area contributed by atoms with Gasteiger partial charge in [-0.2, -0.15) is 0 Å². The molecule has 4 atom stereocenters. The van der Waals surface area contributed by atoms with Crippen LogP contribution >= 0.6 is 0 Å². The van der Waals surface area contributed by atoms with Crippen molar-refractivity contribution in [1.29, 1.82) is 0 Å². The Balaban J connectivity index is 2.38. The maximum atomic E-state index is 12.1. The van der Waals surface area contributed by atoms with E-state index in [1.54, 1.807) is 0 Å². The molecule has 106 valence electrons. The van der Waals surface area contributed by atoms with Crippen LogP contribution in [0.3, 0.4) is 0 Å². The maximum absolute atomic E-state index is 12.1. The normalized spacial score (nSPS) is 30.9. The van der Waals surface area contributed by atoms with Crippen molar-refractivity contribution in [2.24, 2.45) is 28.9 Å². The van der Waals surface area contributed by atoms with Gasteiger partial charge in [0.15, 0.2) is 0 Å². The van der Waals surface area contributed by atoms with Gasteiger partial charge in [-0.05, 0) is 36.5 Å². The van der Waals surface area contributed by atoms with Crippen molar-refractivity contribution in [3.63, 3.8) is 0 Å². The molecule has 0 radical (unpaired) electrons. The van der Waals surface area contributed by atoms with Crippen molar-refractivity contribution in [1.82, 2.24) is 5.32 Å². The number of nitrogens with two attached hydrogens (primary N) is 1. The molecule has 1 amide bonds. The number of hydrogen-bond donors (Lipinski definition) is 2. The monoisotopic (exact) mass is 254 g/mol. The van der Waals surface area contributed by atoms with Crippen molar-refractivity contribution < 1.29 is 4.79 Å². The number of carbonyl (C=O) groups is 1. The molecular weight excluding hydrogens is 224 g/mol. The van der Waals surface area contributed by atoms with Crippen LogP contribution in [0.15, 0.2) is 0 Å². The SMILES string of the molecule is CC1CC(C(=O)NCC(C)C(C)(C)C)CCC1N. The Bertz CT molecular complexity index is 283. The fourth-order valence-electron chi connectivity index (χ4n) is 2.36. The largest absolute Gasteiger partial charge is 0.356 e. The standard InChI is InChI=1S/C15H30N2O/c1-10-8-12(6-7-13(10)16)14(18)17-9-11(2)15(3,4)5/h10-13H,6-9,16H2,1-5H3,(H,17,18). The molecule has 0 aliphatic heterocycles. The zero-order valence-corrected chi connectivity index (χ0v) is 12.6. The molecule has 0 aromatic carbocycles. The summed E-state index contributed by atoms with van der Waals surface area (Å²) >= 11 is 0. The summed E-state index contributed by atoms with van der Waals surface area (Å²) in [5, 5.41) is 3.11. The highest BCUT2D eigenvalue weighted by molar-refractivity contribution is 5.78. The Labute approximate surface area is 112 Å². The van der Waals surface area contributed by atoms with Crippen LogP contribution in [0.5, 0.6) is 0 Å². The predicted molar refractivity (Wildman–Crippen MR) is 76.1 cm³/mol. The highest BCUT2D eigenvalue weighted by Crippen LogP contribution is 2.28. The Morgan fingerprint density at radius 1 is 1.39 bits per heavy atom. The molecular formula is C15H30N2O. The lowest BCUT2D eigenvalue weighted by molar-refractivity contribution is -0.126. The third kappa shape index (κ3) is 4.27. The molecule has 1 rings (SSSR count). The predicted octanol–water partition coefficient (Wildman–Crippen LogP) is 2.55. The van der Waals surface area contributed by atoms with Crippen LogP contribution in [-0.4, -0.2) is 18.5 Å². The highest BCUT2D eigenvalue weighted by atomic mass is 16.1. The Kier molecular flexibility index (Phi) is 5.20. The zero-order valence-electron chi connectivity index (χ0n) is 12.6. The van der Waals surface area contributed by atoms with E-state index in [0.717, 1.165) is 25.8 Å². The first kappa shape index (κ1) is 15.5. The van der Waals surface area contributed by atoms with Gasteiger partial charge in [-0.3, -0.25) is 4.79 Å². The van der Waals surface area contributed by atoms with Crippen LogP contribution in [0.4, 0.5) is 0 Å². The van der Waals surface area contributed by atoms with Crippen molar-refractivity contribution in [3.05, 3.63) is 0 Å². The molecule has 1 aliphatic carbocycles. The minimum Gasteiger partial charge on any atom is -0.356 e. The van der Waals surface area contributed by atoms with Gasteiger partial charge in [0, 0.05) is 18.5 Å². The number of amides is 1. The zero-order chi connectivity index (χ0) is 13.9. The Hall–Kier alpha value is -0.570. The van der Waals surface area contributed by atoms with Gasteiger partial charge in [-0.15, -0.1) is 0 Å². The second-order valence-corrected chi connectivity index (χ2v) is 7.16. The van der Waals surface area contributed by atoms with Crippen molar-refractivity contribution in [3.8, 4) is 0 Å². The van der Waals surface area contributed by atoms with E-state index in [1.807, 2.05) is 0 Å². The van der Waals surface area contributed by atoms with Gasteiger partial charge >= 0.3 is 0 Å². The summed E-state index contributed by atoms with van der Waals surface area (Å²) in [4.78, 5) is 12.1. The lowest BCUT2D eigenvalue weighted by Gasteiger charge is -2.32.